The van der Waals surface area contributed by atoms with Crippen LogP contribution in [-0.4, -0.2) is 15.9 Å². The average Bonchev–Trinajstić information content (AvgIpc) is 2.59. The lowest BCUT2D eigenvalue weighted by Crippen LogP contribution is -2.24. The molecule has 3 heterocycles. The summed E-state index contributed by atoms with van der Waals surface area (Å²) in [5, 5.41) is 3.26. The highest BCUT2D eigenvalue weighted by molar-refractivity contribution is 5.45. The number of halogens is 1. The molecule has 0 aromatic carbocycles. The maximum absolute atomic E-state index is 13.4. The predicted octanol–water partition coefficient (Wildman–Crippen LogP) is 1.12. The number of hydrogen-bond donors (Lipinski definition) is 1. The Hall–Kier alpha value is -1.42. The molecule has 0 amide bonds. The largest absolute Gasteiger partial charge is 0.311 e. The van der Waals surface area contributed by atoms with E-state index < -0.39 is 0 Å². The van der Waals surface area contributed by atoms with E-state index in [4.69, 9.17) is 0 Å². The van der Waals surface area contributed by atoms with Gasteiger partial charge in [0.05, 0.1) is 11.4 Å². The molecule has 0 radical (unpaired) electrons. The Morgan fingerprint density at radius 3 is 3.36 bits per heavy atom. The SMILES string of the molecule is Fc1cccn2c3c(nc12)CCNC3. The molecule has 2 aromatic rings. The van der Waals surface area contributed by atoms with Gasteiger partial charge in [0.1, 0.15) is 0 Å². The summed E-state index contributed by atoms with van der Waals surface area (Å²) in [5.41, 5.74) is 2.56. The number of nitrogens with one attached hydrogen (secondary N) is 1. The molecule has 3 nitrogen and oxygen atoms in total. The molecule has 14 heavy (non-hydrogen) atoms. The topological polar surface area (TPSA) is 29.3 Å². The van der Waals surface area contributed by atoms with E-state index in [1.54, 1.807) is 6.07 Å². The van der Waals surface area contributed by atoms with Gasteiger partial charge in [-0.2, -0.15) is 0 Å². The fourth-order valence-electron chi connectivity index (χ4n) is 1.93. The van der Waals surface area contributed by atoms with E-state index in [1.807, 2.05) is 10.6 Å². The van der Waals surface area contributed by atoms with E-state index >= 15 is 0 Å². The van der Waals surface area contributed by atoms with Gasteiger partial charge >= 0.3 is 0 Å². The van der Waals surface area contributed by atoms with Crippen molar-refractivity contribution in [3.8, 4) is 0 Å². The second-order valence-electron chi connectivity index (χ2n) is 3.48. The van der Waals surface area contributed by atoms with Gasteiger partial charge in [0.2, 0.25) is 0 Å². The Bertz CT molecular complexity index is 489. The third kappa shape index (κ3) is 0.974. The van der Waals surface area contributed by atoms with Crippen LogP contribution in [0.3, 0.4) is 0 Å². The molecule has 4 heteroatoms. The third-order valence-electron chi connectivity index (χ3n) is 2.62. The van der Waals surface area contributed by atoms with Crippen LogP contribution in [0, 0.1) is 5.82 Å². The van der Waals surface area contributed by atoms with Crippen LogP contribution in [-0.2, 0) is 13.0 Å². The minimum Gasteiger partial charge on any atom is -0.311 e. The lowest BCUT2D eigenvalue weighted by Gasteiger charge is -2.11. The van der Waals surface area contributed by atoms with E-state index in [-0.39, 0.29) is 5.82 Å². The quantitative estimate of drug-likeness (QED) is 0.676. The van der Waals surface area contributed by atoms with E-state index in [1.165, 1.54) is 6.07 Å². The highest BCUT2D eigenvalue weighted by Crippen LogP contribution is 2.17. The predicted molar refractivity (Wildman–Crippen MR) is 50.6 cm³/mol. The first-order valence-corrected chi connectivity index (χ1v) is 4.71. The summed E-state index contributed by atoms with van der Waals surface area (Å²) in [5.74, 6) is -0.248. The zero-order valence-electron chi connectivity index (χ0n) is 7.63. The molecule has 0 spiro atoms. The molecule has 3 rings (SSSR count). The van der Waals surface area contributed by atoms with Crippen LogP contribution in [0.4, 0.5) is 4.39 Å². The second kappa shape index (κ2) is 2.78. The molecule has 1 aliphatic rings. The summed E-state index contributed by atoms with van der Waals surface area (Å²) in [6.45, 7) is 1.71. The first-order valence-electron chi connectivity index (χ1n) is 4.71. The second-order valence-corrected chi connectivity index (χ2v) is 3.48. The minimum atomic E-state index is -0.248. The van der Waals surface area contributed by atoms with Gasteiger partial charge in [0, 0.05) is 25.7 Å². The van der Waals surface area contributed by atoms with Crippen molar-refractivity contribution < 1.29 is 4.39 Å². The van der Waals surface area contributed by atoms with Gasteiger partial charge in [-0.1, -0.05) is 0 Å². The third-order valence-corrected chi connectivity index (χ3v) is 2.62. The molecule has 1 N–H and O–H groups in total. The summed E-state index contributed by atoms with van der Waals surface area (Å²) in [6, 6.07) is 3.15. The molecular formula is C10H10FN3. The highest BCUT2D eigenvalue weighted by Gasteiger charge is 2.16. The monoisotopic (exact) mass is 191 g/mol. The highest BCUT2D eigenvalue weighted by atomic mass is 19.1. The Morgan fingerprint density at radius 2 is 2.43 bits per heavy atom. The Morgan fingerprint density at radius 1 is 1.50 bits per heavy atom. The van der Waals surface area contributed by atoms with Crippen molar-refractivity contribution in [3.63, 3.8) is 0 Å². The zero-order chi connectivity index (χ0) is 9.54. The number of hydrogen-bond acceptors (Lipinski definition) is 2. The Labute approximate surface area is 80.6 Å². The summed E-state index contributed by atoms with van der Waals surface area (Å²) in [7, 11) is 0. The van der Waals surface area contributed by atoms with Gasteiger partial charge < -0.3 is 9.72 Å². The number of nitrogens with zero attached hydrogens (tertiary/aromatic N) is 2. The molecule has 2 aromatic heterocycles. The Kier molecular flexibility index (Phi) is 1.58. The maximum atomic E-state index is 13.4. The van der Waals surface area contributed by atoms with Crippen molar-refractivity contribution >= 4 is 5.65 Å². The van der Waals surface area contributed by atoms with E-state index in [0.29, 0.717) is 5.65 Å². The van der Waals surface area contributed by atoms with Gasteiger partial charge in [-0.25, -0.2) is 9.37 Å². The average molecular weight is 191 g/mol. The molecule has 1 aliphatic heterocycles. The first-order chi connectivity index (χ1) is 6.86. The normalized spacial score (nSPS) is 15.8. The molecular weight excluding hydrogens is 181 g/mol. The van der Waals surface area contributed by atoms with Crippen LogP contribution in [0.1, 0.15) is 11.4 Å². The van der Waals surface area contributed by atoms with Gasteiger partial charge in [-0.3, -0.25) is 0 Å². The lowest BCUT2D eigenvalue weighted by atomic mass is 10.2. The van der Waals surface area contributed by atoms with Gasteiger partial charge in [0.25, 0.3) is 0 Å². The fraction of sp³-hybridized carbons (Fsp3) is 0.300. The standard InChI is InChI=1S/C10H10FN3/c11-7-2-1-5-14-9-6-12-4-3-8(9)13-10(7)14/h1-2,5,12H,3-4,6H2. The van der Waals surface area contributed by atoms with Crippen molar-refractivity contribution in [2.45, 2.75) is 13.0 Å². The molecule has 0 bridgehead atoms. The van der Waals surface area contributed by atoms with Crippen LogP contribution in [0.15, 0.2) is 18.3 Å². The van der Waals surface area contributed by atoms with Crippen molar-refractivity contribution in [2.24, 2.45) is 0 Å². The van der Waals surface area contributed by atoms with Crippen LogP contribution in [0.5, 0.6) is 0 Å². The van der Waals surface area contributed by atoms with E-state index in [2.05, 4.69) is 10.3 Å². The first kappa shape index (κ1) is 7.94. The van der Waals surface area contributed by atoms with Gasteiger partial charge in [-0.05, 0) is 12.1 Å². The maximum Gasteiger partial charge on any atom is 0.173 e. The van der Waals surface area contributed by atoms with Crippen LogP contribution < -0.4 is 5.32 Å². The molecule has 0 aliphatic carbocycles. The Balaban J connectivity index is 2.36. The summed E-state index contributed by atoms with van der Waals surface area (Å²) in [4.78, 5) is 4.30. The molecule has 72 valence electrons. The summed E-state index contributed by atoms with van der Waals surface area (Å²) >= 11 is 0. The van der Waals surface area contributed by atoms with Crippen LogP contribution >= 0.6 is 0 Å². The van der Waals surface area contributed by atoms with Crippen molar-refractivity contribution in [3.05, 3.63) is 35.5 Å². The number of pyridine rings is 1. The smallest absolute Gasteiger partial charge is 0.173 e. The van der Waals surface area contributed by atoms with Gasteiger partial charge in [-0.15, -0.1) is 0 Å². The molecule has 0 saturated carbocycles. The zero-order valence-corrected chi connectivity index (χ0v) is 7.63. The minimum absolute atomic E-state index is 0.248. The number of rotatable bonds is 0. The fourth-order valence-corrected chi connectivity index (χ4v) is 1.93. The number of aromatic nitrogens is 2. The van der Waals surface area contributed by atoms with E-state index in [0.717, 1.165) is 30.9 Å². The van der Waals surface area contributed by atoms with Gasteiger partial charge in [0.15, 0.2) is 11.5 Å². The van der Waals surface area contributed by atoms with Crippen molar-refractivity contribution in [1.82, 2.24) is 14.7 Å². The van der Waals surface area contributed by atoms with Crippen molar-refractivity contribution in [1.29, 1.82) is 0 Å². The molecule has 0 saturated heterocycles. The lowest BCUT2D eigenvalue weighted by molar-refractivity contribution is 0.617. The number of fused-ring (bicyclic) bond motifs is 3. The number of imidazole rings is 1. The van der Waals surface area contributed by atoms with E-state index in [9.17, 15) is 4.39 Å². The molecule has 0 fully saturated rings. The summed E-state index contributed by atoms with van der Waals surface area (Å²) < 4.78 is 15.2. The van der Waals surface area contributed by atoms with Crippen molar-refractivity contribution in [2.75, 3.05) is 6.54 Å². The van der Waals surface area contributed by atoms with Crippen LogP contribution in [0.25, 0.3) is 5.65 Å². The summed E-state index contributed by atoms with van der Waals surface area (Å²) in [6.07, 6.45) is 2.74. The van der Waals surface area contributed by atoms with Crippen LogP contribution in [0.2, 0.25) is 0 Å². The molecule has 0 unspecified atom stereocenters. The molecule has 0 atom stereocenters.